The van der Waals surface area contributed by atoms with E-state index >= 15 is 0 Å². The normalized spacial score (nSPS) is 12.7. The van der Waals surface area contributed by atoms with E-state index in [2.05, 4.69) is 20.5 Å². The minimum atomic E-state index is -4.45. The molecule has 0 aromatic heterocycles. The summed E-state index contributed by atoms with van der Waals surface area (Å²) in [5.74, 6) is 0. The highest BCUT2D eigenvalue weighted by atomic mass is 32.2. The van der Waals surface area contributed by atoms with E-state index < -0.39 is 20.2 Å². The molecule has 5 aromatic carbocycles. The van der Waals surface area contributed by atoms with Crippen LogP contribution in [0.5, 0.6) is 0 Å². The number of azo groups is 2. The Morgan fingerprint density at radius 3 is 1.20 bits per heavy atom. The molecule has 0 radical (unpaired) electrons. The topological polar surface area (TPSA) is 210 Å². The average Bonchev–Trinajstić information content (AvgIpc) is 2.90. The molecule has 0 fully saturated rings. The Balaban J connectivity index is 1.53. The molecular weight excluding hydrogens is 556 g/mol. The number of nitrogens with two attached hydrogens (primary N) is 2. The molecule has 0 saturated heterocycles. The van der Waals surface area contributed by atoms with Crippen molar-refractivity contribution in [1.82, 2.24) is 0 Å². The van der Waals surface area contributed by atoms with Crippen molar-refractivity contribution in [2.75, 3.05) is 11.5 Å². The van der Waals surface area contributed by atoms with Gasteiger partial charge in [0.1, 0.15) is 21.2 Å². The first-order chi connectivity index (χ1) is 18.9. The smallest absolute Gasteiger partial charge is 0.295 e. The van der Waals surface area contributed by atoms with Gasteiger partial charge < -0.3 is 11.5 Å². The fourth-order valence-electron chi connectivity index (χ4n) is 4.14. The second-order valence-corrected chi connectivity index (χ2v) is 11.4. The van der Waals surface area contributed by atoms with Gasteiger partial charge in [-0.05, 0) is 36.4 Å². The monoisotopic (exact) mass is 576 g/mol. The third-order valence-corrected chi connectivity index (χ3v) is 7.81. The van der Waals surface area contributed by atoms with E-state index in [9.17, 15) is 25.9 Å². The largest absolute Gasteiger partial charge is 0.397 e. The van der Waals surface area contributed by atoms with Crippen LogP contribution in [0.15, 0.2) is 115 Å². The Morgan fingerprint density at radius 1 is 0.475 bits per heavy atom. The van der Waals surface area contributed by atoms with Crippen LogP contribution in [0.4, 0.5) is 34.1 Å². The summed E-state index contributed by atoms with van der Waals surface area (Å²) in [7, 11) is -8.91. The average molecular weight is 577 g/mol. The summed E-state index contributed by atoms with van der Waals surface area (Å²) in [6.45, 7) is 0. The summed E-state index contributed by atoms with van der Waals surface area (Å²) >= 11 is 0. The van der Waals surface area contributed by atoms with Crippen molar-refractivity contribution in [1.29, 1.82) is 0 Å². The second-order valence-electron chi connectivity index (χ2n) is 8.58. The fraction of sp³-hybridized carbons (Fsp3) is 0. The van der Waals surface area contributed by atoms with Gasteiger partial charge >= 0.3 is 0 Å². The molecule has 6 N–H and O–H groups in total. The van der Waals surface area contributed by atoms with Gasteiger partial charge in [-0.25, -0.2) is 0 Å². The van der Waals surface area contributed by atoms with E-state index in [-0.39, 0.29) is 43.3 Å². The first-order valence-corrected chi connectivity index (χ1v) is 14.3. The number of benzene rings is 5. The molecule has 0 heterocycles. The van der Waals surface area contributed by atoms with Crippen LogP contribution in [0.1, 0.15) is 0 Å². The zero-order valence-corrected chi connectivity index (χ0v) is 22.0. The van der Waals surface area contributed by atoms with Gasteiger partial charge in [-0.3, -0.25) is 9.11 Å². The molecular formula is C26H20N6O6S2. The Morgan fingerprint density at radius 2 is 0.825 bits per heavy atom. The standard InChI is InChI=1S/C26H20N6O6S2/c27-19-13-20(28)24(32-30-22-10-12-26(40(36,37)38)18-8-4-2-6-16(18)22)14-23(19)31-29-21-9-11-25(39(33,34)35)17-7-3-1-5-15(17)21/h1-14H,27-28H2,(H,33,34,35)(H,36,37,38). The highest BCUT2D eigenvalue weighted by molar-refractivity contribution is 7.86. The predicted octanol–water partition coefficient (Wildman–Crippen LogP) is 6.48. The zero-order chi connectivity index (χ0) is 28.7. The molecule has 5 aromatic rings. The molecule has 0 aliphatic rings. The van der Waals surface area contributed by atoms with Crippen molar-refractivity contribution in [2.45, 2.75) is 9.79 Å². The molecule has 14 heteroatoms. The van der Waals surface area contributed by atoms with Gasteiger partial charge in [-0.2, -0.15) is 16.8 Å². The molecule has 0 saturated carbocycles. The highest BCUT2D eigenvalue weighted by Gasteiger charge is 2.17. The molecule has 0 unspecified atom stereocenters. The number of hydrogen-bond acceptors (Lipinski definition) is 10. The summed E-state index contributed by atoms with van der Waals surface area (Å²) in [4.78, 5) is -0.511. The van der Waals surface area contributed by atoms with Crippen LogP contribution < -0.4 is 11.5 Å². The zero-order valence-electron chi connectivity index (χ0n) is 20.4. The molecule has 0 spiro atoms. The maximum absolute atomic E-state index is 11.8. The number of fused-ring (bicyclic) bond motifs is 2. The number of anilines is 2. The van der Waals surface area contributed by atoms with Gasteiger partial charge in [-0.1, -0.05) is 48.5 Å². The predicted molar refractivity (Wildman–Crippen MR) is 151 cm³/mol. The van der Waals surface area contributed by atoms with Gasteiger partial charge in [0, 0.05) is 21.5 Å². The first kappa shape index (κ1) is 26.8. The van der Waals surface area contributed by atoms with Gasteiger partial charge in [-0.15, -0.1) is 20.5 Å². The lowest BCUT2D eigenvalue weighted by Gasteiger charge is -2.07. The second kappa shape index (κ2) is 10.1. The first-order valence-electron chi connectivity index (χ1n) is 11.4. The van der Waals surface area contributed by atoms with Crippen molar-refractivity contribution >= 4 is 75.9 Å². The highest BCUT2D eigenvalue weighted by Crippen LogP contribution is 2.38. The fourth-order valence-corrected chi connectivity index (χ4v) is 5.53. The molecule has 202 valence electrons. The van der Waals surface area contributed by atoms with Crippen LogP contribution in [0.2, 0.25) is 0 Å². The quantitative estimate of drug-likeness (QED) is 0.0995. The molecule has 0 atom stereocenters. The molecule has 0 amide bonds. The van der Waals surface area contributed by atoms with E-state index in [0.29, 0.717) is 22.1 Å². The molecule has 40 heavy (non-hydrogen) atoms. The lowest BCUT2D eigenvalue weighted by molar-refractivity contribution is 0.482. The molecule has 12 nitrogen and oxygen atoms in total. The van der Waals surface area contributed by atoms with Crippen LogP contribution >= 0.6 is 0 Å². The van der Waals surface area contributed by atoms with E-state index in [4.69, 9.17) is 11.5 Å². The third-order valence-electron chi connectivity index (χ3n) is 5.98. The summed E-state index contributed by atoms with van der Waals surface area (Å²) in [5.41, 5.74) is 13.6. The maximum atomic E-state index is 11.8. The van der Waals surface area contributed by atoms with E-state index in [1.807, 2.05) is 0 Å². The SMILES string of the molecule is Nc1cc(N)c(N=Nc2ccc(S(=O)(=O)O)c3ccccc23)cc1N=Nc1ccc(S(=O)(=O)O)c2ccccc12. The Hall–Kier alpha value is -4.76. The maximum Gasteiger partial charge on any atom is 0.295 e. The van der Waals surface area contributed by atoms with Gasteiger partial charge in [0.2, 0.25) is 0 Å². The van der Waals surface area contributed by atoms with E-state index in [0.717, 1.165) is 0 Å². The third kappa shape index (κ3) is 5.23. The van der Waals surface area contributed by atoms with Crippen LogP contribution in [0, 0.1) is 0 Å². The Labute approximate surface area is 228 Å². The molecule has 0 aliphatic carbocycles. The number of hydrogen-bond donors (Lipinski definition) is 4. The van der Waals surface area contributed by atoms with Gasteiger partial charge in [0.25, 0.3) is 20.2 Å². The minimum Gasteiger partial charge on any atom is -0.397 e. The Kier molecular flexibility index (Phi) is 6.77. The van der Waals surface area contributed by atoms with Crippen LogP contribution in [0.25, 0.3) is 21.5 Å². The van der Waals surface area contributed by atoms with Crippen molar-refractivity contribution < 1.29 is 25.9 Å². The van der Waals surface area contributed by atoms with E-state index in [1.165, 1.54) is 36.4 Å². The lowest BCUT2D eigenvalue weighted by Crippen LogP contribution is -1.98. The Bertz CT molecular complexity index is 1950. The number of rotatable bonds is 6. The molecule has 0 bridgehead atoms. The summed E-state index contributed by atoms with van der Waals surface area (Å²) in [6.07, 6.45) is 0. The molecule has 5 rings (SSSR count). The van der Waals surface area contributed by atoms with Crippen LogP contribution in [-0.4, -0.2) is 25.9 Å². The van der Waals surface area contributed by atoms with Crippen molar-refractivity contribution in [3.8, 4) is 0 Å². The summed E-state index contributed by atoms with van der Waals surface area (Å²) < 4.78 is 66.2. The van der Waals surface area contributed by atoms with Crippen LogP contribution in [0.3, 0.4) is 0 Å². The number of nitrogen functional groups attached to an aromatic ring is 2. The summed E-state index contributed by atoms with van der Waals surface area (Å²) in [5, 5.41) is 18.3. The van der Waals surface area contributed by atoms with Gasteiger partial charge in [0.05, 0.1) is 22.7 Å². The minimum absolute atomic E-state index is 0.196. The molecule has 0 aliphatic heterocycles. The van der Waals surface area contributed by atoms with Crippen molar-refractivity contribution in [2.24, 2.45) is 20.5 Å². The van der Waals surface area contributed by atoms with Crippen molar-refractivity contribution in [3.63, 3.8) is 0 Å². The van der Waals surface area contributed by atoms with Crippen molar-refractivity contribution in [3.05, 3.63) is 84.9 Å². The van der Waals surface area contributed by atoms with E-state index in [1.54, 1.807) is 48.5 Å². The lowest BCUT2D eigenvalue weighted by atomic mass is 10.1. The van der Waals surface area contributed by atoms with Gasteiger partial charge in [0.15, 0.2) is 0 Å². The number of nitrogens with zero attached hydrogens (tertiary/aromatic N) is 4. The van der Waals surface area contributed by atoms with Crippen LogP contribution in [-0.2, 0) is 20.2 Å². The summed E-state index contributed by atoms with van der Waals surface area (Å²) in [6, 6.07) is 21.2.